The number of Topliss-reactive ketones (excluding diaryl/α,β-unsaturated/α-hetero) is 1. The van der Waals surface area contributed by atoms with E-state index >= 15 is 0 Å². The molecular formula is C15H20O. The monoisotopic (exact) mass is 216 g/mol. The van der Waals surface area contributed by atoms with Crippen molar-refractivity contribution in [3.8, 4) is 0 Å². The van der Waals surface area contributed by atoms with Gasteiger partial charge in [-0.25, -0.2) is 0 Å². The molecule has 1 saturated carbocycles. The second-order valence-electron chi connectivity index (χ2n) is 5.63. The predicted molar refractivity (Wildman–Crippen MR) is 66.6 cm³/mol. The van der Waals surface area contributed by atoms with E-state index in [9.17, 15) is 4.79 Å². The molecule has 1 heteroatoms. The van der Waals surface area contributed by atoms with E-state index in [1.54, 1.807) is 0 Å². The molecule has 0 bridgehead atoms. The highest BCUT2D eigenvalue weighted by Gasteiger charge is 2.34. The van der Waals surface area contributed by atoms with E-state index in [1.165, 1.54) is 16.7 Å². The zero-order chi connectivity index (χ0) is 11.8. The van der Waals surface area contributed by atoms with E-state index in [0.29, 0.717) is 5.78 Å². The normalized spacial score (nSPS) is 25.1. The first-order valence-electron chi connectivity index (χ1n) is 6.06. The topological polar surface area (TPSA) is 17.1 Å². The quantitative estimate of drug-likeness (QED) is 0.738. The number of carbonyl (C=O) groups excluding carboxylic acids is 1. The molecule has 0 saturated heterocycles. The molecule has 1 aliphatic carbocycles. The molecule has 2 rings (SSSR count). The van der Waals surface area contributed by atoms with E-state index in [-0.39, 0.29) is 5.41 Å². The highest BCUT2D eigenvalue weighted by Crippen LogP contribution is 2.39. The van der Waals surface area contributed by atoms with Crippen LogP contribution >= 0.6 is 0 Å². The van der Waals surface area contributed by atoms with Crippen LogP contribution in [0.3, 0.4) is 0 Å². The van der Waals surface area contributed by atoms with Crippen LogP contribution in [0.5, 0.6) is 0 Å². The molecule has 1 unspecified atom stereocenters. The van der Waals surface area contributed by atoms with Crippen molar-refractivity contribution in [3.63, 3.8) is 0 Å². The number of hydrogen-bond donors (Lipinski definition) is 0. The van der Waals surface area contributed by atoms with Gasteiger partial charge < -0.3 is 0 Å². The third-order valence-electron chi connectivity index (χ3n) is 3.75. The van der Waals surface area contributed by atoms with Crippen molar-refractivity contribution in [1.29, 1.82) is 0 Å². The average Bonchev–Trinajstić information content (AvgIpc) is 2.52. The molecule has 1 aromatic rings. The molecule has 1 aliphatic rings. The average molecular weight is 216 g/mol. The summed E-state index contributed by atoms with van der Waals surface area (Å²) in [6.45, 7) is 6.54. The second-order valence-corrected chi connectivity index (χ2v) is 5.63. The Morgan fingerprint density at radius 3 is 2.69 bits per heavy atom. The van der Waals surface area contributed by atoms with Gasteiger partial charge in [0.25, 0.3) is 0 Å². The van der Waals surface area contributed by atoms with E-state index in [2.05, 4.69) is 39.0 Å². The SMILES string of the molecule is Cc1ccc(C)c(CC2(C)CCC(=O)C2)c1. The Balaban J connectivity index is 2.20. The van der Waals surface area contributed by atoms with Gasteiger partial charge in [0.1, 0.15) is 5.78 Å². The van der Waals surface area contributed by atoms with Gasteiger partial charge in [-0.3, -0.25) is 4.79 Å². The lowest BCUT2D eigenvalue weighted by atomic mass is 9.81. The number of benzene rings is 1. The van der Waals surface area contributed by atoms with E-state index in [4.69, 9.17) is 0 Å². The fourth-order valence-corrected chi connectivity index (χ4v) is 2.70. The molecule has 0 heterocycles. The Kier molecular flexibility index (Phi) is 2.88. The minimum atomic E-state index is 0.204. The summed E-state index contributed by atoms with van der Waals surface area (Å²) in [4.78, 5) is 11.4. The van der Waals surface area contributed by atoms with Crippen LogP contribution in [0.2, 0.25) is 0 Å². The van der Waals surface area contributed by atoms with Crippen LogP contribution in [-0.2, 0) is 11.2 Å². The molecule has 0 aromatic heterocycles. The highest BCUT2D eigenvalue weighted by atomic mass is 16.1. The van der Waals surface area contributed by atoms with Gasteiger partial charge in [-0.15, -0.1) is 0 Å². The van der Waals surface area contributed by atoms with Crippen LogP contribution in [0.25, 0.3) is 0 Å². The standard InChI is InChI=1S/C15H20O/c1-11-4-5-12(2)13(8-11)9-15(3)7-6-14(16)10-15/h4-5,8H,6-7,9-10H2,1-3H3. The second kappa shape index (κ2) is 4.04. The van der Waals surface area contributed by atoms with Crippen molar-refractivity contribution in [2.45, 2.75) is 46.5 Å². The lowest BCUT2D eigenvalue weighted by molar-refractivity contribution is -0.117. The lowest BCUT2D eigenvalue weighted by Gasteiger charge is -2.23. The third kappa shape index (κ3) is 2.34. The van der Waals surface area contributed by atoms with Gasteiger partial charge in [0, 0.05) is 12.8 Å². The van der Waals surface area contributed by atoms with Gasteiger partial charge in [0.15, 0.2) is 0 Å². The van der Waals surface area contributed by atoms with Crippen molar-refractivity contribution >= 4 is 5.78 Å². The summed E-state index contributed by atoms with van der Waals surface area (Å²) >= 11 is 0. The maximum Gasteiger partial charge on any atom is 0.133 e. The molecule has 0 radical (unpaired) electrons. The van der Waals surface area contributed by atoms with Crippen LogP contribution in [0.1, 0.15) is 42.9 Å². The first kappa shape index (κ1) is 11.4. The molecule has 0 N–H and O–H groups in total. The minimum absolute atomic E-state index is 0.204. The van der Waals surface area contributed by atoms with Crippen LogP contribution in [0.15, 0.2) is 18.2 Å². The highest BCUT2D eigenvalue weighted by molar-refractivity contribution is 5.81. The molecule has 1 nitrogen and oxygen atoms in total. The third-order valence-corrected chi connectivity index (χ3v) is 3.75. The number of hydrogen-bond acceptors (Lipinski definition) is 1. The predicted octanol–water partition coefficient (Wildman–Crippen LogP) is 3.61. The van der Waals surface area contributed by atoms with Crippen LogP contribution in [-0.4, -0.2) is 5.78 Å². The Morgan fingerprint density at radius 2 is 2.06 bits per heavy atom. The molecule has 16 heavy (non-hydrogen) atoms. The van der Waals surface area contributed by atoms with E-state index < -0.39 is 0 Å². The van der Waals surface area contributed by atoms with Gasteiger partial charge in [-0.05, 0) is 43.2 Å². The summed E-state index contributed by atoms with van der Waals surface area (Å²) < 4.78 is 0. The maximum atomic E-state index is 11.4. The molecule has 1 atom stereocenters. The van der Waals surface area contributed by atoms with E-state index in [0.717, 1.165) is 25.7 Å². The maximum absolute atomic E-state index is 11.4. The molecule has 1 fully saturated rings. The first-order chi connectivity index (χ1) is 7.48. The Bertz CT molecular complexity index is 419. The van der Waals surface area contributed by atoms with Crippen LogP contribution in [0.4, 0.5) is 0 Å². The smallest absolute Gasteiger partial charge is 0.133 e. The lowest BCUT2D eigenvalue weighted by Crippen LogP contribution is -2.16. The van der Waals surface area contributed by atoms with Gasteiger partial charge in [-0.2, -0.15) is 0 Å². The molecular weight excluding hydrogens is 196 g/mol. The Morgan fingerprint density at radius 1 is 1.31 bits per heavy atom. The zero-order valence-corrected chi connectivity index (χ0v) is 10.5. The number of aryl methyl sites for hydroxylation is 2. The van der Waals surface area contributed by atoms with Gasteiger partial charge in [-0.1, -0.05) is 30.7 Å². The number of ketones is 1. The van der Waals surface area contributed by atoms with Crippen molar-refractivity contribution in [3.05, 3.63) is 34.9 Å². The minimum Gasteiger partial charge on any atom is -0.300 e. The summed E-state index contributed by atoms with van der Waals surface area (Å²) in [5, 5.41) is 0. The van der Waals surface area contributed by atoms with Crippen molar-refractivity contribution < 1.29 is 4.79 Å². The Labute approximate surface area is 97.9 Å². The summed E-state index contributed by atoms with van der Waals surface area (Å²) in [7, 11) is 0. The van der Waals surface area contributed by atoms with E-state index in [1.807, 2.05) is 0 Å². The summed E-state index contributed by atoms with van der Waals surface area (Å²) in [6, 6.07) is 6.61. The number of rotatable bonds is 2. The van der Waals surface area contributed by atoms with Gasteiger partial charge in [0.05, 0.1) is 0 Å². The van der Waals surface area contributed by atoms with Crippen molar-refractivity contribution in [1.82, 2.24) is 0 Å². The fourth-order valence-electron chi connectivity index (χ4n) is 2.70. The largest absolute Gasteiger partial charge is 0.300 e. The summed E-state index contributed by atoms with van der Waals surface area (Å²) in [6.07, 6.45) is 3.65. The summed E-state index contributed by atoms with van der Waals surface area (Å²) in [5.41, 5.74) is 4.28. The van der Waals surface area contributed by atoms with Gasteiger partial charge in [0.2, 0.25) is 0 Å². The molecule has 86 valence electrons. The van der Waals surface area contributed by atoms with Crippen molar-refractivity contribution in [2.75, 3.05) is 0 Å². The molecule has 0 aliphatic heterocycles. The van der Waals surface area contributed by atoms with Crippen molar-refractivity contribution in [2.24, 2.45) is 5.41 Å². The van der Waals surface area contributed by atoms with Gasteiger partial charge >= 0.3 is 0 Å². The number of carbonyl (C=O) groups is 1. The molecule has 0 spiro atoms. The fraction of sp³-hybridized carbons (Fsp3) is 0.533. The molecule has 0 amide bonds. The Hall–Kier alpha value is -1.11. The molecule has 1 aromatic carbocycles. The van der Waals surface area contributed by atoms with Crippen LogP contribution in [0, 0.1) is 19.3 Å². The zero-order valence-electron chi connectivity index (χ0n) is 10.5. The summed E-state index contributed by atoms with van der Waals surface area (Å²) in [5.74, 6) is 0.438. The van der Waals surface area contributed by atoms with Crippen LogP contribution < -0.4 is 0 Å². The first-order valence-corrected chi connectivity index (χ1v) is 6.06.